The number of carbonyl (C=O) groups excluding carboxylic acids is 1. The summed E-state index contributed by atoms with van der Waals surface area (Å²) in [4.78, 5) is 23.6. The van der Waals surface area contributed by atoms with E-state index in [4.69, 9.17) is 5.73 Å². The molecule has 6 heteroatoms. The number of primary amides is 1. The van der Waals surface area contributed by atoms with Gasteiger partial charge in [0.05, 0.1) is 11.9 Å². The van der Waals surface area contributed by atoms with E-state index in [9.17, 15) is 4.79 Å². The van der Waals surface area contributed by atoms with E-state index in [0.29, 0.717) is 22.7 Å². The Bertz CT molecular complexity index is 721. The molecule has 0 atom stereocenters. The number of carbonyl (C=O) groups is 1. The molecule has 0 unspecified atom stereocenters. The number of aromatic nitrogens is 3. The SMILES string of the molecule is C=C/C=C(\C=C)c1cnc2ccc(NC(N)=O)nc2n1. The number of nitrogens with two attached hydrogens (primary N) is 1. The van der Waals surface area contributed by atoms with E-state index in [-0.39, 0.29) is 0 Å². The lowest BCUT2D eigenvalue weighted by molar-refractivity contribution is 0.259. The maximum atomic E-state index is 10.8. The van der Waals surface area contributed by atoms with Gasteiger partial charge >= 0.3 is 6.03 Å². The number of pyridine rings is 1. The Morgan fingerprint density at radius 2 is 2.10 bits per heavy atom. The van der Waals surface area contributed by atoms with Crippen LogP contribution in [0.1, 0.15) is 5.69 Å². The first-order chi connectivity index (χ1) is 9.63. The molecule has 2 rings (SSSR count). The van der Waals surface area contributed by atoms with E-state index in [1.54, 1.807) is 36.6 Å². The fraction of sp³-hybridized carbons (Fsp3) is 0. The number of fused-ring (bicyclic) bond motifs is 1. The van der Waals surface area contributed by atoms with Crippen molar-refractivity contribution in [3.63, 3.8) is 0 Å². The van der Waals surface area contributed by atoms with Gasteiger partial charge in [-0.2, -0.15) is 0 Å². The summed E-state index contributed by atoms with van der Waals surface area (Å²) >= 11 is 0. The second kappa shape index (κ2) is 5.75. The Morgan fingerprint density at radius 1 is 1.30 bits per heavy atom. The van der Waals surface area contributed by atoms with Gasteiger partial charge in [-0.25, -0.2) is 14.8 Å². The first kappa shape index (κ1) is 13.4. The molecule has 2 aromatic rings. The lowest BCUT2D eigenvalue weighted by Gasteiger charge is -2.04. The van der Waals surface area contributed by atoms with Crippen molar-refractivity contribution in [2.24, 2.45) is 5.73 Å². The number of nitrogens with zero attached hydrogens (tertiary/aromatic N) is 3. The van der Waals surface area contributed by atoms with Gasteiger partial charge in [0.1, 0.15) is 11.3 Å². The van der Waals surface area contributed by atoms with Gasteiger partial charge in [-0.1, -0.05) is 31.4 Å². The molecule has 3 N–H and O–H groups in total. The molecule has 2 amide bonds. The second-order valence-corrected chi connectivity index (χ2v) is 3.85. The molecule has 2 aromatic heterocycles. The van der Waals surface area contributed by atoms with E-state index in [1.165, 1.54) is 0 Å². The Hall–Kier alpha value is -3.02. The number of urea groups is 1. The minimum atomic E-state index is -0.681. The van der Waals surface area contributed by atoms with Crippen molar-refractivity contribution in [3.8, 4) is 0 Å². The summed E-state index contributed by atoms with van der Waals surface area (Å²) in [6, 6.07) is 2.63. The fourth-order valence-electron chi connectivity index (χ4n) is 1.62. The van der Waals surface area contributed by atoms with Crippen LogP contribution in [0.2, 0.25) is 0 Å². The predicted octanol–water partition coefficient (Wildman–Crippen LogP) is 2.27. The molecule has 0 saturated carbocycles. The molecule has 0 aliphatic carbocycles. The van der Waals surface area contributed by atoms with Crippen LogP contribution in [0.4, 0.5) is 10.6 Å². The summed E-state index contributed by atoms with van der Waals surface area (Å²) in [6.07, 6.45) is 6.70. The first-order valence-electron chi connectivity index (χ1n) is 5.80. The third-order valence-corrected chi connectivity index (χ3v) is 2.47. The van der Waals surface area contributed by atoms with E-state index in [1.807, 2.05) is 0 Å². The second-order valence-electron chi connectivity index (χ2n) is 3.85. The summed E-state index contributed by atoms with van der Waals surface area (Å²) in [5.41, 5.74) is 7.48. The van der Waals surface area contributed by atoms with Crippen molar-refractivity contribution in [1.29, 1.82) is 0 Å². The molecule has 6 nitrogen and oxygen atoms in total. The summed E-state index contributed by atoms with van der Waals surface area (Å²) in [5.74, 6) is 0.323. The number of hydrogen-bond acceptors (Lipinski definition) is 4. The summed E-state index contributed by atoms with van der Waals surface area (Å²) < 4.78 is 0. The van der Waals surface area contributed by atoms with E-state index < -0.39 is 6.03 Å². The van der Waals surface area contributed by atoms with Crippen molar-refractivity contribution < 1.29 is 4.79 Å². The number of nitrogens with one attached hydrogen (secondary N) is 1. The van der Waals surface area contributed by atoms with Crippen molar-refractivity contribution in [1.82, 2.24) is 15.0 Å². The first-order valence-corrected chi connectivity index (χ1v) is 5.80. The standard InChI is InChI=1S/C14H13N5O/c1-3-5-9(4-2)11-8-16-10-6-7-12(19-14(15)20)18-13(10)17-11/h3-8H,1-2H2,(H3,15,17,18,19,20)/b9-5+. The van der Waals surface area contributed by atoms with E-state index in [0.717, 1.165) is 5.57 Å². The van der Waals surface area contributed by atoms with Gasteiger partial charge in [-0.05, 0) is 12.1 Å². The van der Waals surface area contributed by atoms with Crippen LogP contribution in [0.15, 0.2) is 49.7 Å². The average Bonchev–Trinajstić information content (AvgIpc) is 2.43. The highest BCUT2D eigenvalue weighted by Crippen LogP contribution is 2.16. The topological polar surface area (TPSA) is 93.8 Å². The Balaban J connectivity index is 2.50. The molecule has 0 fully saturated rings. The third kappa shape index (κ3) is 2.86. The van der Waals surface area contributed by atoms with E-state index >= 15 is 0 Å². The monoisotopic (exact) mass is 267 g/mol. The fourth-order valence-corrected chi connectivity index (χ4v) is 1.62. The largest absolute Gasteiger partial charge is 0.351 e. The van der Waals surface area contributed by atoms with Crippen LogP contribution in [0.5, 0.6) is 0 Å². The molecule has 0 saturated heterocycles. The minimum Gasteiger partial charge on any atom is -0.351 e. The smallest absolute Gasteiger partial charge is 0.317 e. The summed E-state index contributed by atoms with van der Waals surface area (Å²) in [7, 11) is 0. The number of hydrogen-bond donors (Lipinski definition) is 2. The van der Waals surface area contributed by atoms with Gasteiger partial charge < -0.3 is 5.73 Å². The summed E-state index contributed by atoms with van der Waals surface area (Å²) in [6.45, 7) is 7.35. The molecule has 0 aromatic carbocycles. The van der Waals surface area contributed by atoms with Crippen LogP contribution >= 0.6 is 0 Å². The zero-order valence-corrected chi connectivity index (χ0v) is 10.7. The van der Waals surface area contributed by atoms with Gasteiger partial charge in [0, 0.05) is 5.57 Å². The molecule has 0 aliphatic rings. The van der Waals surface area contributed by atoms with Crippen LogP contribution < -0.4 is 11.1 Å². The number of amides is 2. The zero-order chi connectivity index (χ0) is 14.5. The average molecular weight is 267 g/mol. The maximum Gasteiger partial charge on any atom is 0.317 e. The van der Waals surface area contributed by atoms with Crippen molar-refractivity contribution in [3.05, 3.63) is 55.4 Å². The Morgan fingerprint density at radius 3 is 2.75 bits per heavy atom. The molecule has 0 aliphatic heterocycles. The molecule has 20 heavy (non-hydrogen) atoms. The molecule has 0 bridgehead atoms. The highest BCUT2D eigenvalue weighted by Gasteiger charge is 2.05. The normalized spacial score (nSPS) is 11.1. The quantitative estimate of drug-likeness (QED) is 0.831. The molecule has 0 radical (unpaired) electrons. The van der Waals surface area contributed by atoms with Crippen molar-refractivity contribution in [2.45, 2.75) is 0 Å². The molecule has 100 valence electrons. The lowest BCUT2D eigenvalue weighted by atomic mass is 10.2. The zero-order valence-electron chi connectivity index (χ0n) is 10.7. The van der Waals surface area contributed by atoms with Crippen LogP contribution in [-0.2, 0) is 0 Å². The highest BCUT2D eigenvalue weighted by atomic mass is 16.2. The van der Waals surface area contributed by atoms with Gasteiger partial charge in [-0.3, -0.25) is 10.3 Å². The number of anilines is 1. The minimum absolute atomic E-state index is 0.323. The van der Waals surface area contributed by atoms with Crippen molar-refractivity contribution >= 4 is 28.6 Å². The molecular weight excluding hydrogens is 254 g/mol. The van der Waals surface area contributed by atoms with Gasteiger partial charge in [-0.15, -0.1) is 0 Å². The summed E-state index contributed by atoms with van der Waals surface area (Å²) in [5, 5.41) is 2.39. The lowest BCUT2D eigenvalue weighted by Crippen LogP contribution is -2.20. The van der Waals surface area contributed by atoms with Crippen LogP contribution in [0.25, 0.3) is 16.7 Å². The number of allylic oxidation sites excluding steroid dienone is 4. The van der Waals surface area contributed by atoms with Crippen molar-refractivity contribution in [2.75, 3.05) is 5.32 Å². The molecule has 2 heterocycles. The molecular formula is C14H13N5O. The maximum absolute atomic E-state index is 10.8. The predicted molar refractivity (Wildman–Crippen MR) is 78.9 cm³/mol. The van der Waals surface area contributed by atoms with Gasteiger partial charge in [0.25, 0.3) is 0 Å². The van der Waals surface area contributed by atoms with Gasteiger partial charge in [0.15, 0.2) is 5.65 Å². The highest BCUT2D eigenvalue weighted by molar-refractivity contribution is 5.88. The van der Waals surface area contributed by atoms with Crippen LogP contribution in [0.3, 0.4) is 0 Å². The van der Waals surface area contributed by atoms with Crippen LogP contribution in [-0.4, -0.2) is 21.0 Å². The Labute approximate surface area is 115 Å². The molecule has 0 spiro atoms. The van der Waals surface area contributed by atoms with Crippen LogP contribution in [0, 0.1) is 0 Å². The number of rotatable bonds is 4. The van der Waals surface area contributed by atoms with E-state index in [2.05, 4.69) is 33.4 Å². The van der Waals surface area contributed by atoms with Gasteiger partial charge in [0.2, 0.25) is 0 Å². The third-order valence-electron chi connectivity index (χ3n) is 2.47. The Kier molecular flexibility index (Phi) is 3.85.